The second kappa shape index (κ2) is 10.2. The van der Waals surface area contributed by atoms with Crippen molar-refractivity contribution in [2.45, 2.75) is 64.7 Å². The van der Waals surface area contributed by atoms with Gasteiger partial charge in [-0.05, 0) is 44.4 Å². The standard InChI is InChI=1S/C23H30N2O4S/c1-5-8-9-14-29-17-12-10-16(11-13-17)20-19(22(27)28-7-3)15(4)24-23-25(20)21(26)18(6-2)30-23/h10-13,18,20H,5-9,14H2,1-4H3/t18-,20+/m1/s1. The zero-order chi connectivity index (χ0) is 21.7. The number of amidine groups is 1. The Balaban J connectivity index is 1.92. The maximum Gasteiger partial charge on any atom is 0.338 e. The Morgan fingerprint density at radius 1 is 1.17 bits per heavy atom. The summed E-state index contributed by atoms with van der Waals surface area (Å²) in [6.45, 7) is 8.67. The predicted octanol–water partition coefficient (Wildman–Crippen LogP) is 4.86. The van der Waals surface area contributed by atoms with Gasteiger partial charge < -0.3 is 9.47 Å². The van der Waals surface area contributed by atoms with Crippen molar-refractivity contribution in [1.82, 2.24) is 4.90 Å². The molecule has 0 aliphatic carbocycles. The van der Waals surface area contributed by atoms with Gasteiger partial charge in [-0.2, -0.15) is 0 Å². The maximum absolute atomic E-state index is 13.1. The highest BCUT2D eigenvalue weighted by Crippen LogP contribution is 2.44. The van der Waals surface area contributed by atoms with Crippen LogP contribution in [0.3, 0.4) is 0 Å². The molecule has 1 saturated heterocycles. The van der Waals surface area contributed by atoms with Gasteiger partial charge in [0, 0.05) is 0 Å². The summed E-state index contributed by atoms with van der Waals surface area (Å²) < 4.78 is 11.1. The second-order valence-corrected chi connectivity index (χ2v) is 8.53. The molecular weight excluding hydrogens is 400 g/mol. The predicted molar refractivity (Wildman–Crippen MR) is 119 cm³/mol. The summed E-state index contributed by atoms with van der Waals surface area (Å²) >= 11 is 1.47. The Morgan fingerprint density at radius 3 is 2.53 bits per heavy atom. The summed E-state index contributed by atoms with van der Waals surface area (Å²) in [5.41, 5.74) is 1.86. The summed E-state index contributed by atoms with van der Waals surface area (Å²) in [7, 11) is 0. The SMILES string of the molecule is CCCCCOc1ccc([C@H]2C(C(=O)OCC)=C(C)N=C3S[C@H](CC)C(=O)N32)cc1. The van der Waals surface area contributed by atoms with Gasteiger partial charge in [-0.3, -0.25) is 9.69 Å². The molecule has 30 heavy (non-hydrogen) atoms. The van der Waals surface area contributed by atoms with Crippen molar-refractivity contribution in [1.29, 1.82) is 0 Å². The molecule has 0 spiro atoms. The number of carbonyl (C=O) groups excluding carboxylic acids is 2. The molecule has 2 heterocycles. The number of fused-ring (bicyclic) bond motifs is 1. The minimum absolute atomic E-state index is 0.0135. The van der Waals surface area contributed by atoms with Crippen LogP contribution < -0.4 is 4.74 Å². The first kappa shape index (κ1) is 22.4. The molecule has 0 radical (unpaired) electrons. The molecule has 0 N–H and O–H groups in total. The highest BCUT2D eigenvalue weighted by Gasteiger charge is 2.47. The summed E-state index contributed by atoms with van der Waals surface area (Å²) in [6.07, 6.45) is 4.02. The van der Waals surface area contributed by atoms with E-state index in [-0.39, 0.29) is 17.8 Å². The maximum atomic E-state index is 13.1. The molecule has 0 bridgehead atoms. The van der Waals surface area contributed by atoms with Crippen LogP contribution in [-0.2, 0) is 14.3 Å². The van der Waals surface area contributed by atoms with Gasteiger partial charge in [0.2, 0.25) is 5.91 Å². The molecule has 2 aliphatic rings. The first-order valence-electron chi connectivity index (χ1n) is 10.7. The third kappa shape index (κ3) is 4.56. The van der Waals surface area contributed by atoms with E-state index in [2.05, 4.69) is 11.9 Å². The van der Waals surface area contributed by atoms with Crippen LogP contribution in [0.15, 0.2) is 40.5 Å². The molecule has 162 valence electrons. The van der Waals surface area contributed by atoms with E-state index in [4.69, 9.17) is 9.47 Å². The van der Waals surface area contributed by atoms with Gasteiger partial charge >= 0.3 is 5.97 Å². The minimum atomic E-state index is -0.540. The number of hydrogen-bond acceptors (Lipinski definition) is 6. The quantitative estimate of drug-likeness (QED) is 0.413. The first-order chi connectivity index (χ1) is 14.5. The molecule has 0 aromatic heterocycles. The number of allylic oxidation sites excluding steroid dienone is 1. The molecule has 3 rings (SSSR count). The number of carbonyl (C=O) groups is 2. The largest absolute Gasteiger partial charge is 0.494 e. The number of aliphatic imine (C=N–C) groups is 1. The normalized spacial score (nSPS) is 20.9. The Morgan fingerprint density at radius 2 is 1.90 bits per heavy atom. The van der Waals surface area contributed by atoms with Gasteiger partial charge in [0.25, 0.3) is 0 Å². The van der Waals surface area contributed by atoms with Gasteiger partial charge in [0.05, 0.1) is 35.8 Å². The van der Waals surface area contributed by atoms with E-state index in [0.29, 0.717) is 29.5 Å². The van der Waals surface area contributed by atoms with E-state index in [9.17, 15) is 9.59 Å². The van der Waals surface area contributed by atoms with Crippen molar-refractivity contribution >= 4 is 28.8 Å². The number of thioether (sulfide) groups is 1. The molecule has 0 saturated carbocycles. The summed E-state index contributed by atoms with van der Waals surface area (Å²) in [6, 6.07) is 7.10. The van der Waals surface area contributed by atoms with E-state index in [1.165, 1.54) is 11.8 Å². The highest BCUT2D eigenvalue weighted by atomic mass is 32.2. The molecular formula is C23H30N2O4S. The van der Waals surface area contributed by atoms with Gasteiger partial charge in [-0.15, -0.1) is 0 Å². The zero-order valence-corrected chi connectivity index (χ0v) is 19.0. The van der Waals surface area contributed by atoms with Gasteiger partial charge in [-0.1, -0.05) is 50.6 Å². The smallest absolute Gasteiger partial charge is 0.338 e. The van der Waals surface area contributed by atoms with Crippen LogP contribution in [0.25, 0.3) is 0 Å². The van der Waals surface area contributed by atoms with Crippen molar-refractivity contribution < 1.29 is 19.1 Å². The van der Waals surface area contributed by atoms with Crippen LogP contribution in [0.1, 0.15) is 65.0 Å². The fourth-order valence-corrected chi connectivity index (χ4v) is 4.80. The van der Waals surface area contributed by atoms with Crippen LogP contribution in [0.4, 0.5) is 0 Å². The zero-order valence-electron chi connectivity index (χ0n) is 18.1. The summed E-state index contributed by atoms with van der Waals surface area (Å²) in [4.78, 5) is 32.1. The van der Waals surface area contributed by atoms with Crippen LogP contribution in [0, 0.1) is 0 Å². The third-order valence-electron chi connectivity index (χ3n) is 5.23. The van der Waals surface area contributed by atoms with Gasteiger partial charge in [-0.25, -0.2) is 9.79 Å². The van der Waals surface area contributed by atoms with Crippen LogP contribution in [0.2, 0.25) is 0 Å². The van der Waals surface area contributed by atoms with E-state index >= 15 is 0 Å². The van der Waals surface area contributed by atoms with Gasteiger partial charge in [0.15, 0.2) is 5.17 Å². The molecule has 0 unspecified atom stereocenters. The summed E-state index contributed by atoms with van der Waals surface area (Å²) in [5.74, 6) is 0.340. The molecule has 1 amide bonds. The molecule has 2 aliphatic heterocycles. The fourth-order valence-electron chi connectivity index (χ4n) is 3.66. The number of benzene rings is 1. The number of hydrogen-bond donors (Lipinski definition) is 0. The molecule has 1 aromatic carbocycles. The number of unbranched alkanes of at least 4 members (excludes halogenated alkanes) is 2. The van der Waals surface area contributed by atoms with Crippen molar-refractivity contribution in [3.05, 3.63) is 41.1 Å². The van der Waals surface area contributed by atoms with Crippen molar-refractivity contribution in [2.24, 2.45) is 4.99 Å². The average Bonchev–Trinajstić information content (AvgIpc) is 3.06. The fraction of sp³-hybridized carbons (Fsp3) is 0.522. The lowest BCUT2D eigenvalue weighted by Gasteiger charge is -2.33. The molecule has 6 nitrogen and oxygen atoms in total. The second-order valence-electron chi connectivity index (χ2n) is 7.36. The third-order valence-corrected chi connectivity index (χ3v) is 6.55. The van der Waals surface area contributed by atoms with E-state index in [1.807, 2.05) is 31.2 Å². The van der Waals surface area contributed by atoms with Gasteiger partial charge in [0.1, 0.15) is 5.75 Å². The lowest BCUT2D eigenvalue weighted by molar-refractivity contribution is -0.139. The molecule has 2 atom stereocenters. The number of esters is 1. The van der Waals surface area contributed by atoms with Crippen LogP contribution >= 0.6 is 11.8 Å². The van der Waals surface area contributed by atoms with Crippen LogP contribution in [-0.4, -0.2) is 40.4 Å². The number of amides is 1. The highest BCUT2D eigenvalue weighted by molar-refractivity contribution is 8.15. The van der Waals surface area contributed by atoms with E-state index in [1.54, 1.807) is 18.7 Å². The molecule has 7 heteroatoms. The lowest BCUT2D eigenvalue weighted by Crippen LogP contribution is -2.40. The Labute approximate surface area is 182 Å². The number of rotatable bonds is 9. The monoisotopic (exact) mass is 430 g/mol. The van der Waals surface area contributed by atoms with Crippen molar-refractivity contribution in [3.63, 3.8) is 0 Å². The van der Waals surface area contributed by atoms with Crippen LogP contribution in [0.5, 0.6) is 5.75 Å². The topological polar surface area (TPSA) is 68.2 Å². The Kier molecular flexibility index (Phi) is 7.58. The van der Waals surface area contributed by atoms with Crippen molar-refractivity contribution in [3.8, 4) is 5.75 Å². The molecule has 1 fully saturated rings. The van der Waals surface area contributed by atoms with Crippen molar-refractivity contribution in [2.75, 3.05) is 13.2 Å². The summed E-state index contributed by atoms with van der Waals surface area (Å²) in [5, 5.41) is 0.476. The van der Waals surface area contributed by atoms with E-state index < -0.39 is 12.0 Å². The lowest BCUT2D eigenvalue weighted by atomic mass is 9.94. The number of nitrogens with zero attached hydrogens (tertiary/aromatic N) is 2. The molecule has 1 aromatic rings. The first-order valence-corrected chi connectivity index (χ1v) is 11.6. The average molecular weight is 431 g/mol. The Hall–Kier alpha value is -2.28. The Bertz CT molecular complexity index is 847. The minimum Gasteiger partial charge on any atom is -0.494 e. The van der Waals surface area contributed by atoms with E-state index in [0.717, 1.165) is 30.6 Å². The number of ether oxygens (including phenoxy) is 2.